The summed E-state index contributed by atoms with van der Waals surface area (Å²) in [6.45, 7) is 39.9. The van der Waals surface area contributed by atoms with E-state index in [1.807, 2.05) is 0 Å². The highest BCUT2D eigenvalue weighted by atomic mass is 31.2. The molecule has 0 saturated carbocycles. The van der Waals surface area contributed by atoms with E-state index in [1.54, 1.807) is 0 Å². The van der Waals surface area contributed by atoms with Gasteiger partial charge in [-0.3, -0.25) is 0 Å². The van der Waals surface area contributed by atoms with Crippen molar-refractivity contribution in [1.82, 2.24) is 0 Å². The average molecular weight is 1360 g/mol. The lowest BCUT2D eigenvalue weighted by molar-refractivity contribution is -0.000861. The minimum Gasteiger partial charge on any atom is -0.508 e. The molecular formula is C85H152O8P2. The van der Waals surface area contributed by atoms with Crippen LogP contribution in [0.1, 0.15) is 430 Å². The molecule has 3 aromatic rings. The standard InChI is InChI=1S/C85H148O3.H4O5P2/c1-18-22-26-30-34-38-42-46-50-54-58-83(17,71-65-74(80(8,9)10)77(86)62-68(71)5)84(59-55-51-47-43-39-35-31-27-23-19-2,60-56-52-48-44-40-36-32-28-24-20-3)85(61-57-53-49-45-41-37-33-29-25-21-4,72-66-75(81(11,12)13)78(87)63-69(72)6)73-67-76(82(14,15)16)79(88)64-70(73)7;1-6(2)5-7(3)4/h62-67,86-88H,18-61H2,1-17H3;1-4H. The number of benzene rings is 3. The highest BCUT2D eigenvalue weighted by Crippen LogP contribution is 2.68. The van der Waals surface area contributed by atoms with E-state index in [2.05, 4.69) is 158 Å². The van der Waals surface area contributed by atoms with Crippen LogP contribution in [0.2, 0.25) is 0 Å². The highest BCUT2D eigenvalue weighted by Gasteiger charge is 2.62. The Morgan fingerprint density at radius 3 is 0.716 bits per heavy atom. The van der Waals surface area contributed by atoms with E-state index in [0.29, 0.717) is 17.2 Å². The van der Waals surface area contributed by atoms with Crippen LogP contribution in [0.25, 0.3) is 0 Å². The van der Waals surface area contributed by atoms with Crippen LogP contribution < -0.4 is 0 Å². The van der Waals surface area contributed by atoms with Gasteiger partial charge in [0.05, 0.1) is 0 Å². The van der Waals surface area contributed by atoms with Crippen molar-refractivity contribution in [3.05, 3.63) is 86.5 Å². The molecule has 1 unspecified atom stereocenters. The third kappa shape index (κ3) is 30.4. The van der Waals surface area contributed by atoms with Crippen molar-refractivity contribution in [2.75, 3.05) is 0 Å². The third-order valence-electron chi connectivity index (χ3n) is 21.8. The zero-order chi connectivity index (χ0) is 71.1. The largest absolute Gasteiger partial charge is 0.508 e. The number of phenols is 3. The first-order chi connectivity index (χ1) is 45.0. The fourth-order valence-corrected chi connectivity index (χ4v) is 17.0. The second-order valence-corrected chi connectivity index (χ2v) is 34.6. The summed E-state index contributed by atoms with van der Waals surface area (Å²) >= 11 is 0. The normalized spacial score (nSPS) is 13.3. The molecule has 0 spiro atoms. The minimum atomic E-state index is -2.61. The Balaban J connectivity index is 0.00000414. The van der Waals surface area contributed by atoms with Gasteiger partial charge in [-0.25, -0.2) is 4.31 Å². The molecule has 3 rings (SSSR count). The molecule has 3 aromatic carbocycles. The zero-order valence-corrected chi connectivity index (χ0v) is 66.8. The Morgan fingerprint density at radius 1 is 0.274 bits per heavy atom. The number of rotatable bonds is 51. The van der Waals surface area contributed by atoms with Crippen LogP contribution in [-0.2, 0) is 31.4 Å². The van der Waals surface area contributed by atoms with Crippen molar-refractivity contribution >= 4 is 17.2 Å². The molecule has 1 atom stereocenters. The van der Waals surface area contributed by atoms with E-state index in [9.17, 15) is 15.3 Å². The van der Waals surface area contributed by atoms with E-state index >= 15 is 0 Å². The van der Waals surface area contributed by atoms with Gasteiger partial charge in [0.15, 0.2) is 0 Å². The summed E-state index contributed by atoms with van der Waals surface area (Å²) in [6.07, 6.45) is 56.2. The summed E-state index contributed by atoms with van der Waals surface area (Å²) in [5, 5.41) is 37.1. The maximum Gasteiger partial charge on any atom is 0.334 e. The monoisotopic (exact) mass is 1360 g/mol. The van der Waals surface area contributed by atoms with Gasteiger partial charge in [-0.05, 0) is 142 Å². The van der Waals surface area contributed by atoms with Crippen molar-refractivity contribution in [3.63, 3.8) is 0 Å². The summed E-state index contributed by atoms with van der Waals surface area (Å²) in [4.78, 5) is 31.3. The van der Waals surface area contributed by atoms with E-state index in [-0.39, 0.29) is 27.1 Å². The van der Waals surface area contributed by atoms with Gasteiger partial charge in [0, 0.05) is 5.41 Å². The molecule has 0 saturated heterocycles. The van der Waals surface area contributed by atoms with E-state index in [4.69, 9.17) is 19.6 Å². The van der Waals surface area contributed by atoms with Crippen molar-refractivity contribution in [1.29, 1.82) is 0 Å². The van der Waals surface area contributed by atoms with Crippen molar-refractivity contribution in [2.24, 2.45) is 5.41 Å². The maximum absolute atomic E-state index is 12.4. The third-order valence-corrected chi connectivity index (χ3v) is 23.0. The molecule has 0 bridgehead atoms. The smallest absolute Gasteiger partial charge is 0.334 e. The number of phenolic OH excluding ortho intramolecular Hbond substituents is 3. The quantitative estimate of drug-likeness (QED) is 0.0218. The van der Waals surface area contributed by atoms with Crippen LogP contribution in [0, 0.1) is 26.2 Å². The minimum absolute atomic E-state index is 0.266. The molecule has 0 fully saturated rings. The van der Waals surface area contributed by atoms with Crippen LogP contribution >= 0.6 is 17.2 Å². The van der Waals surface area contributed by atoms with Crippen molar-refractivity contribution < 1.29 is 39.2 Å². The number of unbranched alkanes of at least 4 members (excludes halogenated alkanes) is 36. The van der Waals surface area contributed by atoms with Crippen LogP contribution in [0.15, 0.2) is 36.4 Å². The summed E-state index contributed by atoms with van der Waals surface area (Å²) in [6, 6.07) is 14.2. The fraction of sp³-hybridized carbons (Fsp3) is 0.788. The summed E-state index contributed by atoms with van der Waals surface area (Å²) in [5.74, 6) is 1.24. The van der Waals surface area contributed by atoms with Crippen molar-refractivity contribution in [2.45, 2.75) is 427 Å². The van der Waals surface area contributed by atoms with E-state index in [1.165, 1.54) is 265 Å². The molecule has 0 amide bonds. The van der Waals surface area contributed by atoms with Crippen molar-refractivity contribution in [3.8, 4) is 17.2 Å². The van der Waals surface area contributed by atoms with E-state index < -0.39 is 22.6 Å². The molecule has 10 heteroatoms. The number of aryl methyl sites for hydroxylation is 3. The van der Waals surface area contributed by atoms with Crippen LogP contribution in [0.3, 0.4) is 0 Å². The van der Waals surface area contributed by atoms with E-state index in [0.717, 1.165) is 68.1 Å². The molecular weight excluding hydrogens is 1210 g/mol. The molecule has 550 valence electrons. The second kappa shape index (κ2) is 47.0. The summed E-state index contributed by atoms with van der Waals surface area (Å²) in [5.41, 5.74) is 8.86. The Labute approximate surface area is 589 Å². The van der Waals surface area contributed by atoms with Gasteiger partial charge in [0.25, 0.3) is 0 Å². The van der Waals surface area contributed by atoms with Gasteiger partial charge < -0.3 is 34.9 Å². The maximum atomic E-state index is 12.4. The second-order valence-electron chi connectivity index (χ2n) is 32.9. The topological polar surface area (TPSA) is 151 Å². The molecule has 0 aliphatic heterocycles. The van der Waals surface area contributed by atoms with Gasteiger partial charge in [-0.2, -0.15) is 0 Å². The number of aromatic hydroxyl groups is 3. The summed E-state index contributed by atoms with van der Waals surface area (Å²) in [7, 11) is -5.22. The molecule has 0 aliphatic carbocycles. The van der Waals surface area contributed by atoms with Gasteiger partial charge in [-0.15, -0.1) is 0 Å². The van der Waals surface area contributed by atoms with Crippen LogP contribution in [0.4, 0.5) is 0 Å². The van der Waals surface area contributed by atoms with Crippen LogP contribution in [-0.4, -0.2) is 34.9 Å². The molecule has 0 aliphatic rings. The molecule has 0 radical (unpaired) electrons. The lowest BCUT2D eigenvalue weighted by Gasteiger charge is -2.63. The lowest BCUT2D eigenvalue weighted by Crippen LogP contribution is -2.59. The van der Waals surface area contributed by atoms with Crippen LogP contribution in [0.5, 0.6) is 17.2 Å². The van der Waals surface area contributed by atoms with Gasteiger partial charge >= 0.3 is 17.2 Å². The fourth-order valence-electron chi connectivity index (χ4n) is 16.5. The lowest BCUT2D eigenvalue weighted by atomic mass is 9.40. The Bertz CT molecular complexity index is 2380. The van der Waals surface area contributed by atoms with Gasteiger partial charge in [0.2, 0.25) is 0 Å². The molecule has 7 N–H and O–H groups in total. The van der Waals surface area contributed by atoms with Gasteiger partial charge in [0.1, 0.15) is 17.2 Å². The predicted molar refractivity (Wildman–Crippen MR) is 415 cm³/mol. The number of hydrogen-bond donors (Lipinski definition) is 7. The number of hydrogen-bond acceptors (Lipinski definition) is 8. The SMILES string of the molecule is CCCCCCCCCCCCC(C)(c1cc(C(C)(C)C)c(O)cc1C)C(CCCCCCCCCCCC)(CCCCCCCCCCCC)C(CCCCCCCCCCCC)(c1cc(C(C)(C)C)c(O)cc1C)c1cc(C(C)(C)C)c(O)cc1C.OP(O)OP(O)O. The first-order valence-electron chi connectivity index (χ1n) is 39.5. The molecule has 8 nitrogen and oxygen atoms in total. The summed E-state index contributed by atoms with van der Waals surface area (Å²) < 4.78 is 3.60. The first-order valence-corrected chi connectivity index (χ1v) is 41.9. The van der Waals surface area contributed by atoms with Gasteiger partial charge in [-0.1, -0.05) is 372 Å². The molecule has 0 heterocycles. The molecule has 95 heavy (non-hydrogen) atoms. The Kier molecular flexibility index (Phi) is 43.9. The zero-order valence-electron chi connectivity index (χ0n) is 65.0. The average Bonchev–Trinajstić information content (AvgIpc) is 0.685. The predicted octanol–water partition coefficient (Wildman–Crippen LogP) is 27.5. The Hall–Kier alpha value is -2.28. The molecule has 0 aromatic heterocycles. The first kappa shape index (κ1) is 88.8. The Morgan fingerprint density at radius 2 is 0.484 bits per heavy atom. The highest BCUT2D eigenvalue weighted by molar-refractivity contribution is 7.53.